The lowest BCUT2D eigenvalue weighted by Gasteiger charge is -2.14. The van der Waals surface area contributed by atoms with Gasteiger partial charge in [-0.1, -0.05) is 0 Å². The lowest BCUT2D eigenvalue weighted by atomic mass is 10.1. The van der Waals surface area contributed by atoms with Gasteiger partial charge in [-0.25, -0.2) is 0 Å². The van der Waals surface area contributed by atoms with Gasteiger partial charge in [-0.15, -0.1) is 0 Å². The van der Waals surface area contributed by atoms with Gasteiger partial charge in [-0.3, -0.25) is 10.1 Å². The van der Waals surface area contributed by atoms with Gasteiger partial charge in [0.2, 0.25) is 0 Å². The van der Waals surface area contributed by atoms with E-state index in [1.165, 1.54) is 20.3 Å². The van der Waals surface area contributed by atoms with Crippen molar-refractivity contribution < 1.29 is 19.1 Å². The quantitative estimate of drug-likeness (QED) is 0.578. The van der Waals surface area contributed by atoms with Crippen LogP contribution in [0.15, 0.2) is 12.1 Å². The average molecular weight is 284 g/mol. The van der Waals surface area contributed by atoms with E-state index in [2.05, 4.69) is 5.32 Å². The number of rotatable bonds is 8. The molecular formula is C13H20N2O5. The Bertz CT molecular complexity index is 464. The smallest absolute Gasteiger partial charge is 0.277 e. The lowest BCUT2D eigenvalue weighted by molar-refractivity contribution is -0.385. The molecule has 7 nitrogen and oxygen atoms in total. The molecule has 1 rings (SSSR count). The molecule has 0 bridgehead atoms. The predicted octanol–water partition coefficient (Wildman–Crippen LogP) is 1.74. The summed E-state index contributed by atoms with van der Waals surface area (Å²) in [6, 6.07) is 3.08. The van der Waals surface area contributed by atoms with Crippen LogP contribution >= 0.6 is 0 Å². The lowest BCUT2D eigenvalue weighted by Crippen LogP contribution is -2.29. The Morgan fingerprint density at radius 2 is 1.85 bits per heavy atom. The molecule has 1 N–H and O–H groups in total. The number of nitro benzene ring substituents is 1. The fourth-order valence-electron chi connectivity index (χ4n) is 1.82. The first-order valence-corrected chi connectivity index (χ1v) is 6.15. The number of benzene rings is 1. The minimum absolute atomic E-state index is 0.000216. The summed E-state index contributed by atoms with van der Waals surface area (Å²) in [6.45, 7) is 2.82. The highest BCUT2D eigenvalue weighted by Gasteiger charge is 2.19. The summed E-state index contributed by atoms with van der Waals surface area (Å²) in [6.07, 6.45) is 0. The number of nitro groups is 1. The van der Waals surface area contributed by atoms with E-state index in [-0.39, 0.29) is 11.7 Å². The predicted molar refractivity (Wildman–Crippen MR) is 74.4 cm³/mol. The largest absolute Gasteiger partial charge is 0.493 e. The number of ether oxygens (including phenoxy) is 3. The van der Waals surface area contributed by atoms with Crippen LogP contribution in [0.2, 0.25) is 0 Å². The Hall–Kier alpha value is -1.86. The zero-order valence-electron chi connectivity index (χ0n) is 12.1. The molecule has 0 fully saturated rings. The van der Waals surface area contributed by atoms with E-state index in [0.717, 1.165) is 0 Å². The monoisotopic (exact) mass is 284 g/mol. The normalized spacial score (nSPS) is 12.0. The van der Waals surface area contributed by atoms with Crippen LogP contribution in [0, 0.1) is 10.1 Å². The second-order valence-corrected chi connectivity index (χ2v) is 4.33. The molecule has 1 aromatic carbocycles. The minimum atomic E-state index is -0.431. The zero-order chi connectivity index (χ0) is 15.1. The minimum Gasteiger partial charge on any atom is -0.493 e. The van der Waals surface area contributed by atoms with Crippen molar-refractivity contribution in [1.29, 1.82) is 0 Å². The van der Waals surface area contributed by atoms with E-state index in [4.69, 9.17) is 14.2 Å². The third-order valence-electron chi connectivity index (χ3n) is 2.84. The molecule has 0 amide bonds. The highest BCUT2D eigenvalue weighted by Crippen LogP contribution is 2.34. The SMILES string of the molecule is COC[C@H](C)NCc1cc(OC)c(OC)cc1[N+](=O)[O-]. The highest BCUT2D eigenvalue weighted by molar-refractivity contribution is 5.54. The third-order valence-corrected chi connectivity index (χ3v) is 2.84. The third kappa shape index (κ3) is 4.07. The van der Waals surface area contributed by atoms with E-state index in [1.54, 1.807) is 13.2 Å². The second-order valence-electron chi connectivity index (χ2n) is 4.33. The summed E-state index contributed by atoms with van der Waals surface area (Å²) in [7, 11) is 4.55. The molecule has 1 aromatic rings. The fraction of sp³-hybridized carbons (Fsp3) is 0.538. The van der Waals surface area contributed by atoms with Gasteiger partial charge in [0.05, 0.1) is 31.8 Å². The van der Waals surface area contributed by atoms with Gasteiger partial charge in [0.15, 0.2) is 11.5 Å². The van der Waals surface area contributed by atoms with Gasteiger partial charge in [-0.2, -0.15) is 0 Å². The number of nitrogens with zero attached hydrogens (tertiary/aromatic N) is 1. The van der Waals surface area contributed by atoms with Crippen LogP contribution < -0.4 is 14.8 Å². The molecule has 0 radical (unpaired) electrons. The van der Waals surface area contributed by atoms with Crippen LogP contribution in [-0.2, 0) is 11.3 Å². The van der Waals surface area contributed by atoms with Crippen molar-refractivity contribution in [2.75, 3.05) is 27.9 Å². The first-order chi connectivity index (χ1) is 9.53. The molecular weight excluding hydrogens is 264 g/mol. The van der Waals surface area contributed by atoms with Crippen molar-refractivity contribution in [3.8, 4) is 11.5 Å². The highest BCUT2D eigenvalue weighted by atomic mass is 16.6. The maximum Gasteiger partial charge on any atom is 0.277 e. The summed E-state index contributed by atoms with van der Waals surface area (Å²) in [4.78, 5) is 10.7. The maximum atomic E-state index is 11.1. The van der Waals surface area contributed by atoms with Gasteiger partial charge in [0, 0.05) is 25.3 Å². The van der Waals surface area contributed by atoms with Crippen molar-refractivity contribution in [1.82, 2.24) is 5.32 Å². The fourth-order valence-corrected chi connectivity index (χ4v) is 1.82. The number of hydrogen-bond acceptors (Lipinski definition) is 6. The van der Waals surface area contributed by atoms with E-state index < -0.39 is 4.92 Å². The Labute approximate surface area is 118 Å². The molecule has 0 heterocycles. The van der Waals surface area contributed by atoms with Crippen molar-refractivity contribution in [2.45, 2.75) is 19.5 Å². The average Bonchev–Trinajstić information content (AvgIpc) is 2.44. The van der Waals surface area contributed by atoms with Gasteiger partial charge in [0.25, 0.3) is 5.69 Å². The number of nitrogens with one attached hydrogen (secondary N) is 1. The van der Waals surface area contributed by atoms with Crippen molar-refractivity contribution in [2.24, 2.45) is 0 Å². The van der Waals surface area contributed by atoms with Crippen LogP contribution in [0.4, 0.5) is 5.69 Å². The second kappa shape index (κ2) is 7.66. The van der Waals surface area contributed by atoms with Crippen LogP contribution in [0.3, 0.4) is 0 Å². The summed E-state index contributed by atoms with van der Waals surface area (Å²) in [5.74, 6) is 0.808. The molecule has 0 aliphatic heterocycles. The Morgan fingerprint density at radius 1 is 1.25 bits per heavy atom. The molecule has 20 heavy (non-hydrogen) atoms. The molecule has 0 aliphatic carbocycles. The van der Waals surface area contributed by atoms with Crippen molar-refractivity contribution in [3.05, 3.63) is 27.8 Å². The number of hydrogen-bond donors (Lipinski definition) is 1. The number of methoxy groups -OCH3 is 3. The van der Waals surface area contributed by atoms with E-state index >= 15 is 0 Å². The molecule has 7 heteroatoms. The summed E-state index contributed by atoms with van der Waals surface area (Å²) < 4.78 is 15.3. The topological polar surface area (TPSA) is 82.9 Å². The Morgan fingerprint density at radius 3 is 2.35 bits per heavy atom. The maximum absolute atomic E-state index is 11.1. The summed E-state index contributed by atoms with van der Waals surface area (Å²) in [5.41, 5.74) is 0.537. The Kier molecular flexibility index (Phi) is 6.20. The van der Waals surface area contributed by atoms with Gasteiger partial charge in [-0.05, 0) is 13.0 Å². The summed E-state index contributed by atoms with van der Waals surface area (Å²) in [5, 5.41) is 14.3. The molecule has 0 spiro atoms. The molecule has 0 saturated heterocycles. The van der Waals surface area contributed by atoms with Crippen molar-refractivity contribution in [3.63, 3.8) is 0 Å². The molecule has 0 aliphatic rings. The van der Waals surface area contributed by atoms with E-state index in [1.807, 2.05) is 6.92 Å². The first kappa shape index (κ1) is 16.2. The van der Waals surface area contributed by atoms with Gasteiger partial charge >= 0.3 is 0 Å². The van der Waals surface area contributed by atoms with Crippen LogP contribution in [-0.4, -0.2) is 38.9 Å². The zero-order valence-corrected chi connectivity index (χ0v) is 12.1. The first-order valence-electron chi connectivity index (χ1n) is 6.15. The molecule has 0 unspecified atom stereocenters. The molecule has 0 saturated carbocycles. The summed E-state index contributed by atoms with van der Waals surface area (Å²) >= 11 is 0. The molecule has 0 aromatic heterocycles. The molecule has 1 atom stereocenters. The van der Waals surface area contributed by atoms with E-state index in [9.17, 15) is 10.1 Å². The van der Waals surface area contributed by atoms with E-state index in [0.29, 0.717) is 30.2 Å². The standard InChI is InChI=1S/C13H20N2O5/c1-9(8-18-2)14-7-10-5-12(19-3)13(20-4)6-11(10)15(16)17/h5-6,9,14H,7-8H2,1-4H3/t9-/m0/s1. The van der Waals surface area contributed by atoms with Crippen LogP contribution in [0.1, 0.15) is 12.5 Å². The van der Waals surface area contributed by atoms with Gasteiger partial charge < -0.3 is 19.5 Å². The molecule has 112 valence electrons. The Balaban J connectivity index is 3.00. The van der Waals surface area contributed by atoms with Crippen LogP contribution in [0.5, 0.6) is 11.5 Å². The van der Waals surface area contributed by atoms with Crippen LogP contribution in [0.25, 0.3) is 0 Å². The van der Waals surface area contributed by atoms with Crippen molar-refractivity contribution >= 4 is 5.69 Å². The van der Waals surface area contributed by atoms with Gasteiger partial charge in [0.1, 0.15) is 0 Å².